The normalized spacial score (nSPS) is 15.4. The van der Waals surface area contributed by atoms with Crippen molar-refractivity contribution in [2.45, 2.75) is 38.6 Å². The van der Waals surface area contributed by atoms with E-state index in [0.29, 0.717) is 63.9 Å². The second-order valence-corrected chi connectivity index (χ2v) is 9.46. The number of ketones is 1. The number of H-pyrrole nitrogens is 1. The molecule has 1 aliphatic rings. The lowest BCUT2D eigenvalue weighted by atomic mass is 10.0. The van der Waals surface area contributed by atoms with Crippen LogP contribution in [0.15, 0.2) is 48.7 Å². The number of hydrogen-bond acceptors (Lipinski definition) is 6. The van der Waals surface area contributed by atoms with Gasteiger partial charge in [-0.1, -0.05) is 18.0 Å². The predicted octanol–water partition coefficient (Wildman–Crippen LogP) is 5.49. The number of Topliss-reactive ketones (excluding diaryl/α,β-unsaturated/α-hetero) is 1. The molecule has 10 nitrogen and oxygen atoms in total. The largest absolute Gasteiger partial charge is 0.453 e. The van der Waals surface area contributed by atoms with Crippen molar-refractivity contribution in [1.82, 2.24) is 15.3 Å². The molecule has 2 aromatic carbocycles. The van der Waals surface area contributed by atoms with Crippen LogP contribution in [0.25, 0.3) is 17.3 Å². The number of anilines is 2. The van der Waals surface area contributed by atoms with E-state index in [4.69, 9.17) is 16.6 Å². The van der Waals surface area contributed by atoms with Crippen molar-refractivity contribution in [3.05, 3.63) is 70.6 Å². The van der Waals surface area contributed by atoms with Crippen LogP contribution in [-0.2, 0) is 14.3 Å². The molecule has 1 atom stereocenters. The lowest BCUT2D eigenvalue weighted by molar-refractivity contribution is -0.118. The third kappa shape index (κ3) is 7.11. The Balaban J connectivity index is 1.59. The highest BCUT2D eigenvalue weighted by Crippen LogP contribution is 2.32. The Morgan fingerprint density at radius 2 is 1.97 bits per heavy atom. The molecule has 1 aliphatic heterocycles. The maximum Gasteiger partial charge on any atom is 0.411 e. The van der Waals surface area contributed by atoms with Crippen LogP contribution in [0.5, 0.6) is 0 Å². The topological polar surface area (TPSA) is 142 Å². The first-order chi connectivity index (χ1) is 18.7. The van der Waals surface area contributed by atoms with Gasteiger partial charge in [-0.25, -0.2) is 9.78 Å². The number of nitrogens with zero attached hydrogens (tertiary/aromatic N) is 1. The average molecular weight is 550 g/mol. The van der Waals surface area contributed by atoms with Crippen LogP contribution in [0.2, 0.25) is 5.02 Å². The third-order valence-electron chi connectivity index (χ3n) is 6.20. The van der Waals surface area contributed by atoms with Gasteiger partial charge in [0.05, 0.1) is 24.5 Å². The summed E-state index contributed by atoms with van der Waals surface area (Å²) >= 11 is 6.08. The zero-order valence-electron chi connectivity index (χ0n) is 21.5. The van der Waals surface area contributed by atoms with Gasteiger partial charge in [-0.15, -0.1) is 0 Å². The van der Waals surface area contributed by atoms with Gasteiger partial charge in [0, 0.05) is 40.5 Å². The number of halogens is 1. The number of ether oxygens (including phenoxy) is 1. The Morgan fingerprint density at radius 1 is 1.15 bits per heavy atom. The summed E-state index contributed by atoms with van der Waals surface area (Å²) in [6, 6.07) is 9.50. The zero-order chi connectivity index (χ0) is 27.9. The van der Waals surface area contributed by atoms with Crippen LogP contribution < -0.4 is 16.0 Å². The van der Waals surface area contributed by atoms with E-state index in [2.05, 4.69) is 25.7 Å². The highest BCUT2D eigenvalue weighted by molar-refractivity contribution is 6.31. The lowest BCUT2D eigenvalue weighted by Crippen LogP contribution is -2.28. The Kier molecular flexibility index (Phi) is 8.77. The summed E-state index contributed by atoms with van der Waals surface area (Å²) in [5.41, 5.74) is 3.15. The lowest BCUT2D eigenvalue weighted by Gasteiger charge is -2.17. The number of hydrogen-bond donors (Lipinski definition) is 4. The standard InChI is InChI=1S/C28H28ClN5O5/c1-16(35)20-10-8-18(29)13-17(20)7-12-26(37)32-22-5-3-4-6-25(36)33-23-14-19(31-28(38)39-2)9-11-21(23)24-15-30-27(22)34-24/h7-15,22H,3-6H2,1-2H3,(H,30,34)(H,31,38)(H,32,37)(H,33,36)/b12-7+/t22-/m0/s1. The quantitative estimate of drug-likeness (QED) is 0.245. The van der Waals surface area contributed by atoms with Crippen LogP contribution >= 0.6 is 11.6 Å². The minimum absolute atomic E-state index is 0.133. The second-order valence-electron chi connectivity index (χ2n) is 9.02. The number of methoxy groups -OCH3 is 1. The van der Waals surface area contributed by atoms with Crippen molar-refractivity contribution in [2.24, 2.45) is 0 Å². The van der Waals surface area contributed by atoms with Crippen molar-refractivity contribution in [3.63, 3.8) is 0 Å². The number of aromatic nitrogens is 2. The molecule has 2 heterocycles. The Morgan fingerprint density at radius 3 is 2.74 bits per heavy atom. The molecule has 1 aromatic heterocycles. The van der Waals surface area contributed by atoms with E-state index in [1.807, 2.05) is 0 Å². The molecule has 3 amide bonds. The molecule has 0 saturated carbocycles. The van der Waals surface area contributed by atoms with Gasteiger partial charge in [0.2, 0.25) is 11.8 Å². The monoisotopic (exact) mass is 549 g/mol. The fourth-order valence-electron chi connectivity index (χ4n) is 4.27. The predicted molar refractivity (Wildman–Crippen MR) is 149 cm³/mol. The molecule has 4 rings (SSSR count). The molecule has 0 saturated heterocycles. The van der Waals surface area contributed by atoms with E-state index in [-0.39, 0.29) is 24.0 Å². The molecule has 2 bridgehead atoms. The van der Waals surface area contributed by atoms with E-state index in [1.165, 1.54) is 20.1 Å². The van der Waals surface area contributed by atoms with E-state index in [1.54, 1.807) is 48.7 Å². The van der Waals surface area contributed by atoms with Crippen LogP contribution in [0.1, 0.15) is 60.4 Å². The van der Waals surface area contributed by atoms with Crippen molar-refractivity contribution >= 4 is 52.7 Å². The molecule has 0 aliphatic carbocycles. The minimum atomic E-state index is -0.628. The highest BCUT2D eigenvalue weighted by Gasteiger charge is 2.21. The Labute approximate surface area is 230 Å². The zero-order valence-corrected chi connectivity index (χ0v) is 22.2. The smallest absolute Gasteiger partial charge is 0.411 e. The van der Waals surface area contributed by atoms with Crippen molar-refractivity contribution in [3.8, 4) is 11.3 Å². The van der Waals surface area contributed by atoms with E-state index >= 15 is 0 Å². The number of rotatable bonds is 5. The Hall–Kier alpha value is -4.44. The molecule has 0 fully saturated rings. The molecular weight excluding hydrogens is 522 g/mol. The number of amides is 3. The van der Waals surface area contributed by atoms with Crippen molar-refractivity contribution < 1.29 is 23.9 Å². The van der Waals surface area contributed by atoms with Crippen molar-refractivity contribution in [2.75, 3.05) is 17.7 Å². The van der Waals surface area contributed by atoms with Gasteiger partial charge in [-0.05, 0) is 67.8 Å². The fraction of sp³-hybridized carbons (Fsp3) is 0.250. The number of nitrogens with one attached hydrogen (secondary N) is 4. The summed E-state index contributed by atoms with van der Waals surface area (Å²) in [6.45, 7) is 1.45. The number of fused-ring (bicyclic) bond motifs is 4. The number of carbonyl (C=O) groups excluding carboxylic acids is 4. The van der Waals surface area contributed by atoms with Crippen LogP contribution in [-0.4, -0.2) is 40.8 Å². The highest BCUT2D eigenvalue weighted by atomic mass is 35.5. The third-order valence-corrected chi connectivity index (χ3v) is 6.43. The first-order valence-electron chi connectivity index (χ1n) is 12.4. The van der Waals surface area contributed by atoms with Crippen LogP contribution in [0.3, 0.4) is 0 Å². The molecule has 39 heavy (non-hydrogen) atoms. The van der Waals surface area contributed by atoms with Crippen LogP contribution in [0.4, 0.5) is 16.2 Å². The first-order valence-corrected chi connectivity index (χ1v) is 12.7. The summed E-state index contributed by atoms with van der Waals surface area (Å²) in [4.78, 5) is 56.9. The van der Waals surface area contributed by atoms with Gasteiger partial charge >= 0.3 is 6.09 Å². The van der Waals surface area contributed by atoms with Crippen LogP contribution in [0, 0.1) is 0 Å². The number of carbonyl (C=O) groups is 4. The molecule has 0 spiro atoms. The number of benzene rings is 2. The minimum Gasteiger partial charge on any atom is -0.453 e. The maximum absolute atomic E-state index is 12.9. The molecule has 11 heteroatoms. The maximum atomic E-state index is 12.9. The molecule has 4 N–H and O–H groups in total. The summed E-state index contributed by atoms with van der Waals surface area (Å²) in [7, 11) is 1.27. The summed E-state index contributed by atoms with van der Waals surface area (Å²) in [5, 5.41) is 8.92. The van der Waals surface area contributed by atoms with Gasteiger partial charge in [-0.3, -0.25) is 19.7 Å². The van der Waals surface area contributed by atoms with Gasteiger partial charge in [0.25, 0.3) is 0 Å². The van der Waals surface area contributed by atoms with Gasteiger partial charge < -0.3 is 20.4 Å². The molecule has 3 aromatic rings. The second kappa shape index (κ2) is 12.4. The van der Waals surface area contributed by atoms with E-state index in [9.17, 15) is 19.2 Å². The number of imidazole rings is 1. The SMILES string of the molecule is COC(=O)Nc1ccc2c(c1)NC(=O)CCCC[C@H](NC(=O)/C=C/c1cc(Cl)ccc1C(C)=O)c1nc-2c[nH]1. The van der Waals surface area contributed by atoms with E-state index < -0.39 is 12.1 Å². The average Bonchev–Trinajstić information content (AvgIpc) is 3.38. The number of aromatic amines is 1. The molecule has 202 valence electrons. The summed E-state index contributed by atoms with van der Waals surface area (Å²) < 4.78 is 4.65. The Bertz CT molecular complexity index is 1450. The molecule has 0 radical (unpaired) electrons. The fourth-order valence-corrected chi connectivity index (χ4v) is 4.45. The molecular formula is C28H28ClN5O5. The summed E-state index contributed by atoms with van der Waals surface area (Å²) in [6.07, 6.45) is 6.10. The van der Waals surface area contributed by atoms with Crippen molar-refractivity contribution in [1.29, 1.82) is 0 Å². The molecule has 0 unspecified atom stereocenters. The van der Waals surface area contributed by atoms with Gasteiger partial charge in [0.1, 0.15) is 5.82 Å². The summed E-state index contributed by atoms with van der Waals surface area (Å²) in [5.74, 6) is -0.106. The van der Waals surface area contributed by atoms with Gasteiger partial charge in [-0.2, -0.15) is 0 Å². The van der Waals surface area contributed by atoms with Gasteiger partial charge in [0.15, 0.2) is 5.78 Å². The van der Waals surface area contributed by atoms with E-state index in [0.717, 1.165) is 0 Å². The first kappa shape index (κ1) is 27.6.